The summed E-state index contributed by atoms with van der Waals surface area (Å²) in [6, 6.07) is 3.84. The predicted molar refractivity (Wildman–Crippen MR) is 58.1 cm³/mol. The van der Waals surface area contributed by atoms with E-state index >= 15 is 0 Å². The molecule has 5 nitrogen and oxygen atoms in total. The van der Waals surface area contributed by atoms with Crippen LogP contribution in [0.15, 0.2) is 22.8 Å². The van der Waals surface area contributed by atoms with Crippen molar-refractivity contribution in [1.82, 2.24) is 5.32 Å². The molecule has 0 spiro atoms. The van der Waals surface area contributed by atoms with Gasteiger partial charge in [0.15, 0.2) is 0 Å². The number of hydrogen-bond donors (Lipinski definition) is 3. The molecule has 2 atom stereocenters. The summed E-state index contributed by atoms with van der Waals surface area (Å²) in [6.07, 6.45) is 1.24. The highest BCUT2D eigenvalue weighted by Crippen LogP contribution is 2.03. The van der Waals surface area contributed by atoms with Gasteiger partial charge in [0.1, 0.15) is 5.76 Å². The van der Waals surface area contributed by atoms with Crippen LogP contribution in [-0.4, -0.2) is 34.9 Å². The summed E-state index contributed by atoms with van der Waals surface area (Å²) in [5.74, 6) is -0.124. The maximum Gasteiger partial charge on any atom is 0.306 e. The minimum Gasteiger partial charge on any atom is -0.481 e. The minimum atomic E-state index is -0.993. The number of furan rings is 1. The van der Waals surface area contributed by atoms with Gasteiger partial charge in [0.05, 0.1) is 18.8 Å². The molecule has 3 N–H and O–H groups in total. The van der Waals surface area contributed by atoms with E-state index in [4.69, 9.17) is 9.52 Å². The number of aliphatic hydroxyl groups excluding tert-OH is 1. The number of carboxylic acids is 1. The van der Waals surface area contributed by atoms with Gasteiger partial charge in [-0.2, -0.15) is 0 Å². The summed E-state index contributed by atoms with van der Waals surface area (Å²) >= 11 is 0. The van der Waals surface area contributed by atoms with Crippen molar-refractivity contribution >= 4 is 5.97 Å². The van der Waals surface area contributed by atoms with E-state index in [1.54, 1.807) is 6.26 Å². The summed E-state index contributed by atoms with van der Waals surface area (Å²) in [5.41, 5.74) is 0. The third-order valence-corrected chi connectivity index (χ3v) is 2.20. The molecule has 90 valence electrons. The lowest BCUT2D eigenvalue weighted by Crippen LogP contribution is -2.35. The molecule has 0 aliphatic heterocycles. The van der Waals surface area contributed by atoms with Crippen molar-refractivity contribution in [3.63, 3.8) is 0 Å². The van der Waals surface area contributed by atoms with Crippen LogP contribution in [-0.2, 0) is 11.2 Å². The van der Waals surface area contributed by atoms with Gasteiger partial charge in [0.25, 0.3) is 0 Å². The molecule has 0 aliphatic carbocycles. The first kappa shape index (κ1) is 12.7. The van der Waals surface area contributed by atoms with Gasteiger partial charge in [-0.05, 0) is 19.1 Å². The van der Waals surface area contributed by atoms with Crippen LogP contribution in [0.2, 0.25) is 0 Å². The van der Waals surface area contributed by atoms with Gasteiger partial charge in [-0.15, -0.1) is 0 Å². The summed E-state index contributed by atoms with van der Waals surface area (Å²) in [7, 11) is 0. The van der Waals surface area contributed by atoms with Gasteiger partial charge in [-0.3, -0.25) is 4.79 Å². The maximum atomic E-state index is 10.3. The molecule has 0 saturated carbocycles. The lowest BCUT2D eigenvalue weighted by atomic mass is 10.2. The molecular formula is C11H17NO4. The summed E-state index contributed by atoms with van der Waals surface area (Å²) in [6.45, 7) is 2.23. The quantitative estimate of drug-likeness (QED) is 0.636. The van der Waals surface area contributed by atoms with E-state index in [0.29, 0.717) is 6.42 Å². The van der Waals surface area contributed by atoms with Gasteiger partial charge in [0, 0.05) is 19.0 Å². The Balaban J connectivity index is 2.19. The second kappa shape index (κ2) is 6.30. The van der Waals surface area contributed by atoms with E-state index in [1.165, 1.54) is 0 Å². The standard InChI is InChI=1S/C11H17NO4/c1-8(5-10-3-2-4-16-10)12-7-9(13)6-11(14)15/h2-4,8-9,12-13H,5-7H2,1H3,(H,14,15). The first-order chi connectivity index (χ1) is 7.58. The molecule has 0 bridgehead atoms. The lowest BCUT2D eigenvalue weighted by molar-refractivity contribution is -0.139. The average Bonchev–Trinajstić information content (AvgIpc) is 2.66. The van der Waals surface area contributed by atoms with E-state index in [9.17, 15) is 9.90 Å². The molecule has 0 aliphatic rings. The van der Waals surface area contributed by atoms with Crippen LogP contribution in [0.5, 0.6) is 0 Å². The van der Waals surface area contributed by atoms with Gasteiger partial charge < -0.3 is 19.9 Å². The van der Waals surface area contributed by atoms with Crippen LogP contribution in [0, 0.1) is 0 Å². The Labute approximate surface area is 94.1 Å². The monoisotopic (exact) mass is 227 g/mol. The van der Waals surface area contributed by atoms with Crippen LogP contribution in [0.1, 0.15) is 19.1 Å². The fourth-order valence-electron chi connectivity index (χ4n) is 1.41. The SMILES string of the molecule is CC(Cc1ccco1)NCC(O)CC(=O)O. The highest BCUT2D eigenvalue weighted by atomic mass is 16.4. The molecule has 16 heavy (non-hydrogen) atoms. The Hall–Kier alpha value is -1.33. The smallest absolute Gasteiger partial charge is 0.306 e. The maximum absolute atomic E-state index is 10.3. The second-order valence-electron chi connectivity index (χ2n) is 3.84. The number of aliphatic hydroxyl groups is 1. The van der Waals surface area contributed by atoms with Crippen LogP contribution in [0.25, 0.3) is 0 Å². The molecule has 1 rings (SSSR count). The summed E-state index contributed by atoms with van der Waals surface area (Å²) in [4.78, 5) is 10.3. The number of hydrogen-bond acceptors (Lipinski definition) is 4. The van der Waals surface area contributed by atoms with Crippen molar-refractivity contribution in [2.45, 2.75) is 31.9 Å². The molecule has 1 aromatic heterocycles. The Bertz CT molecular complexity index is 310. The van der Waals surface area contributed by atoms with E-state index in [2.05, 4.69) is 5.32 Å². The minimum absolute atomic E-state index is 0.134. The lowest BCUT2D eigenvalue weighted by Gasteiger charge is -2.15. The van der Waals surface area contributed by atoms with Crippen molar-refractivity contribution in [3.8, 4) is 0 Å². The van der Waals surface area contributed by atoms with Gasteiger partial charge in [0.2, 0.25) is 0 Å². The fourth-order valence-corrected chi connectivity index (χ4v) is 1.41. The number of rotatable bonds is 7. The van der Waals surface area contributed by atoms with E-state index < -0.39 is 12.1 Å². The van der Waals surface area contributed by atoms with Crippen LogP contribution < -0.4 is 5.32 Å². The van der Waals surface area contributed by atoms with Crippen molar-refractivity contribution in [3.05, 3.63) is 24.2 Å². The molecule has 1 heterocycles. The fraction of sp³-hybridized carbons (Fsp3) is 0.545. The van der Waals surface area contributed by atoms with Crippen molar-refractivity contribution in [2.75, 3.05) is 6.54 Å². The zero-order valence-electron chi connectivity index (χ0n) is 9.22. The van der Waals surface area contributed by atoms with E-state index in [0.717, 1.165) is 5.76 Å². The predicted octanol–water partition coefficient (Wildman–Crippen LogP) is 0.636. The van der Waals surface area contributed by atoms with Crippen molar-refractivity contribution in [1.29, 1.82) is 0 Å². The third-order valence-electron chi connectivity index (χ3n) is 2.20. The highest BCUT2D eigenvalue weighted by Gasteiger charge is 2.11. The molecule has 0 radical (unpaired) electrons. The third kappa shape index (κ3) is 4.95. The van der Waals surface area contributed by atoms with Gasteiger partial charge in [-0.25, -0.2) is 0 Å². The number of carboxylic acid groups (broad SMARTS) is 1. The molecule has 5 heteroatoms. The van der Waals surface area contributed by atoms with Crippen LogP contribution in [0.3, 0.4) is 0 Å². The molecule has 0 fully saturated rings. The van der Waals surface area contributed by atoms with Gasteiger partial charge in [-0.1, -0.05) is 0 Å². The zero-order chi connectivity index (χ0) is 12.0. The molecule has 0 amide bonds. The average molecular weight is 227 g/mol. The summed E-state index contributed by atoms with van der Waals surface area (Å²) in [5, 5.41) is 20.8. The normalized spacial score (nSPS) is 14.6. The van der Waals surface area contributed by atoms with Crippen molar-refractivity contribution < 1.29 is 19.4 Å². The topological polar surface area (TPSA) is 82.7 Å². The van der Waals surface area contributed by atoms with E-state index in [1.807, 2.05) is 19.1 Å². The molecular weight excluding hydrogens is 210 g/mol. The van der Waals surface area contributed by atoms with E-state index in [-0.39, 0.29) is 19.0 Å². The summed E-state index contributed by atoms with van der Waals surface area (Å²) < 4.78 is 5.18. The first-order valence-corrected chi connectivity index (χ1v) is 5.23. The van der Waals surface area contributed by atoms with Crippen molar-refractivity contribution in [2.24, 2.45) is 0 Å². The Morgan fingerprint density at radius 2 is 2.38 bits per heavy atom. The van der Waals surface area contributed by atoms with Gasteiger partial charge >= 0.3 is 5.97 Å². The Morgan fingerprint density at radius 1 is 1.62 bits per heavy atom. The zero-order valence-corrected chi connectivity index (χ0v) is 9.22. The molecule has 2 unspecified atom stereocenters. The largest absolute Gasteiger partial charge is 0.481 e. The molecule has 0 aromatic carbocycles. The van der Waals surface area contributed by atoms with Crippen LogP contribution >= 0.6 is 0 Å². The Morgan fingerprint density at radius 3 is 2.94 bits per heavy atom. The first-order valence-electron chi connectivity index (χ1n) is 5.23. The van der Waals surface area contributed by atoms with Crippen LogP contribution in [0.4, 0.5) is 0 Å². The molecule has 0 saturated heterocycles. The Kier molecular flexibility index (Phi) is 5.01. The highest BCUT2D eigenvalue weighted by molar-refractivity contribution is 5.67. The molecule has 1 aromatic rings. The number of carbonyl (C=O) groups is 1. The number of aliphatic carboxylic acids is 1. The second-order valence-corrected chi connectivity index (χ2v) is 3.84. The number of nitrogens with one attached hydrogen (secondary N) is 1.